The minimum Gasteiger partial charge on any atom is -0.495 e. The average Bonchev–Trinajstić information content (AvgIpc) is 3.40. The minimum atomic E-state index is -0.673. The van der Waals surface area contributed by atoms with Crippen molar-refractivity contribution in [2.75, 3.05) is 7.11 Å². The van der Waals surface area contributed by atoms with E-state index in [0.29, 0.717) is 34.1 Å². The van der Waals surface area contributed by atoms with Crippen molar-refractivity contribution >= 4 is 29.3 Å². The Bertz CT molecular complexity index is 1270. The summed E-state index contributed by atoms with van der Waals surface area (Å²) in [6.45, 7) is 0.251. The van der Waals surface area contributed by atoms with Crippen molar-refractivity contribution in [2.24, 2.45) is 0 Å². The quantitative estimate of drug-likeness (QED) is 0.610. The topological polar surface area (TPSA) is 106 Å². The number of halogens is 1. The number of benzene rings is 2. The van der Waals surface area contributed by atoms with Crippen LogP contribution < -0.4 is 10.1 Å². The molecule has 3 aromatic rings. The van der Waals surface area contributed by atoms with E-state index in [2.05, 4.69) is 15.6 Å². The molecule has 32 heavy (non-hydrogen) atoms. The highest BCUT2D eigenvalue weighted by Crippen LogP contribution is 2.33. The smallest absolute Gasteiger partial charge is 0.255 e. The molecule has 2 aliphatic rings. The molecule has 0 radical (unpaired) electrons. The number of piperidine rings is 1. The maximum Gasteiger partial charge on any atom is 0.255 e. The van der Waals surface area contributed by atoms with Gasteiger partial charge in [0.25, 0.3) is 5.91 Å². The van der Waals surface area contributed by atoms with Gasteiger partial charge >= 0.3 is 0 Å². The van der Waals surface area contributed by atoms with E-state index in [0.717, 1.165) is 11.1 Å². The molecule has 1 atom stereocenters. The fraction of sp³-hybridized carbons (Fsp3) is 0.227. The van der Waals surface area contributed by atoms with Crippen molar-refractivity contribution in [1.29, 1.82) is 0 Å². The van der Waals surface area contributed by atoms with Crippen LogP contribution in [0.25, 0.3) is 16.9 Å². The predicted molar refractivity (Wildman–Crippen MR) is 114 cm³/mol. The number of ether oxygens (including phenoxy) is 1. The van der Waals surface area contributed by atoms with Crippen molar-refractivity contribution in [3.8, 4) is 22.7 Å². The van der Waals surface area contributed by atoms with Gasteiger partial charge in [-0.1, -0.05) is 28.9 Å². The Labute approximate surface area is 187 Å². The molecule has 10 heteroatoms. The van der Waals surface area contributed by atoms with E-state index in [1.165, 1.54) is 4.90 Å². The summed E-state index contributed by atoms with van der Waals surface area (Å²) in [7, 11) is 1.54. The van der Waals surface area contributed by atoms with Gasteiger partial charge in [-0.2, -0.15) is 0 Å². The number of nitrogens with zero attached hydrogens (tertiary/aromatic N) is 4. The summed E-state index contributed by atoms with van der Waals surface area (Å²) in [4.78, 5) is 38.3. The third-order valence-corrected chi connectivity index (χ3v) is 6.06. The van der Waals surface area contributed by atoms with Crippen molar-refractivity contribution < 1.29 is 19.1 Å². The normalized spacial score (nSPS) is 18.0. The van der Waals surface area contributed by atoms with Gasteiger partial charge in [-0.15, -0.1) is 5.10 Å². The highest BCUT2D eigenvalue weighted by atomic mass is 35.5. The number of nitrogens with one attached hydrogen (secondary N) is 1. The maximum absolute atomic E-state index is 13.0. The summed E-state index contributed by atoms with van der Waals surface area (Å²) in [6, 6.07) is 10.0. The van der Waals surface area contributed by atoms with E-state index in [1.54, 1.807) is 42.3 Å². The number of methoxy groups -OCH3 is 1. The van der Waals surface area contributed by atoms with Crippen molar-refractivity contribution in [3.05, 3.63) is 58.7 Å². The third kappa shape index (κ3) is 3.31. The summed E-state index contributed by atoms with van der Waals surface area (Å²) in [5, 5.41) is 11.3. The van der Waals surface area contributed by atoms with E-state index in [4.69, 9.17) is 16.3 Å². The molecule has 1 saturated heterocycles. The van der Waals surface area contributed by atoms with Crippen LogP contribution in [0.1, 0.15) is 28.8 Å². The lowest BCUT2D eigenvalue weighted by atomic mass is 10.0. The standard InChI is InChI=1S/C22H18ClN5O4/c1-32-19-9-12(5-6-15(19)23)16-11-28(26-25-16)17-4-2-3-13-14(17)10-27(22(13)31)18-7-8-20(29)24-21(18)30/h2-6,9,11,18H,7-8,10H2,1H3,(H,24,29,30). The van der Waals surface area contributed by atoms with Gasteiger partial charge in [0.2, 0.25) is 11.8 Å². The molecule has 162 valence electrons. The zero-order valence-corrected chi connectivity index (χ0v) is 17.8. The summed E-state index contributed by atoms with van der Waals surface area (Å²) >= 11 is 6.11. The second kappa shape index (κ2) is 7.76. The Hall–Kier alpha value is -3.72. The Morgan fingerprint density at radius 1 is 1.19 bits per heavy atom. The lowest BCUT2D eigenvalue weighted by Crippen LogP contribution is -2.52. The summed E-state index contributed by atoms with van der Waals surface area (Å²) < 4.78 is 6.88. The van der Waals surface area contributed by atoms with Crippen LogP contribution in [0.15, 0.2) is 42.6 Å². The molecule has 1 unspecified atom stereocenters. The molecule has 0 spiro atoms. The molecule has 9 nitrogen and oxygen atoms in total. The molecule has 0 bridgehead atoms. The van der Waals surface area contributed by atoms with Crippen LogP contribution >= 0.6 is 11.6 Å². The maximum atomic E-state index is 13.0. The Balaban J connectivity index is 1.47. The zero-order chi connectivity index (χ0) is 22.4. The van der Waals surface area contributed by atoms with Gasteiger partial charge in [-0.3, -0.25) is 19.7 Å². The van der Waals surface area contributed by atoms with E-state index < -0.39 is 11.9 Å². The first-order valence-corrected chi connectivity index (χ1v) is 10.4. The molecule has 2 aromatic carbocycles. The van der Waals surface area contributed by atoms with Gasteiger partial charge in [0, 0.05) is 29.7 Å². The highest BCUT2D eigenvalue weighted by molar-refractivity contribution is 6.32. The lowest BCUT2D eigenvalue weighted by Gasteiger charge is -2.29. The van der Waals surface area contributed by atoms with Crippen LogP contribution in [0.3, 0.4) is 0 Å². The molecule has 5 rings (SSSR count). The zero-order valence-electron chi connectivity index (χ0n) is 17.0. The number of fused-ring (bicyclic) bond motifs is 1. The number of hydrogen-bond donors (Lipinski definition) is 1. The summed E-state index contributed by atoms with van der Waals surface area (Å²) in [5.74, 6) is -0.460. The van der Waals surface area contributed by atoms with Gasteiger partial charge in [-0.25, -0.2) is 4.68 Å². The van der Waals surface area contributed by atoms with Gasteiger partial charge in [0.1, 0.15) is 17.5 Å². The van der Waals surface area contributed by atoms with Crippen molar-refractivity contribution in [3.63, 3.8) is 0 Å². The second-order valence-electron chi connectivity index (χ2n) is 7.60. The van der Waals surface area contributed by atoms with Crippen LogP contribution in [-0.2, 0) is 16.1 Å². The first-order chi connectivity index (χ1) is 15.5. The number of carbonyl (C=O) groups excluding carboxylic acids is 3. The first-order valence-electron chi connectivity index (χ1n) is 9.99. The lowest BCUT2D eigenvalue weighted by molar-refractivity contribution is -0.136. The number of hydrogen-bond acceptors (Lipinski definition) is 6. The van der Waals surface area contributed by atoms with Gasteiger partial charge < -0.3 is 9.64 Å². The molecule has 3 amide bonds. The fourth-order valence-corrected chi connectivity index (χ4v) is 4.31. The van der Waals surface area contributed by atoms with Gasteiger partial charge in [0.05, 0.1) is 24.0 Å². The molecule has 1 fully saturated rings. The first kappa shape index (κ1) is 20.2. The monoisotopic (exact) mass is 451 g/mol. The van der Waals surface area contributed by atoms with Crippen LogP contribution in [0.4, 0.5) is 0 Å². The van der Waals surface area contributed by atoms with E-state index in [1.807, 2.05) is 12.1 Å². The Morgan fingerprint density at radius 2 is 2.03 bits per heavy atom. The van der Waals surface area contributed by atoms with Crippen LogP contribution in [0, 0.1) is 0 Å². The predicted octanol–water partition coefficient (Wildman–Crippen LogP) is 2.36. The number of rotatable bonds is 4. The number of aromatic nitrogens is 3. The molecule has 1 N–H and O–H groups in total. The van der Waals surface area contributed by atoms with Crippen molar-refractivity contribution in [1.82, 2.24) is 25.2 Å². The highest BCUT2D eigenvalue weighted by Gasteiger charge is 2.40. The molecule has 3 heterocycles. The van der Waals surface area contributed by atoms with E-state index in [-0.39, 0.29) is 24.8 Å². The summed E-state index contributed by atoms with van der Waals surface area (Å²) in [5.41, 5.74) is 3.37. The van der Waals surface area contributed by atoms with Crippen LogP contribution in [0.5, 0.6) is 5.75 Å². The average molecular weight is 452 g/mol. The van der Waals surface area contributed by atoms with Crippen LogP contribution in [-0.4, -0.2) is 50.8 Å². The number of imide groups is 1. The second-order valence-corrected chi connectivity index (χ2v) is 8.01. The Kier molecular flexibility index (Phi) is 4.90. The molecular weight excluding hydrogens is 434 g/mol. The molecule has 0 aliphatic carbocycles. The third-order valence-electron chi connectivity index (χ3n) is 5.74. The molecule has 0 saturated carbocycles. The van der Waals surface area contributed by atoms with Gasteiger partial charge in [-0.05, 0) is 30.7 Å². The molecule has 2 aliphatic heterocycles. The van der Waals surface area contributed by atoms with Crippen LogP contribution in [0.2, 0.25) is 5.02 Å². The SMILES string of the molecule is COc1cc(-c2cn(-c3cccc4c3CN(C3CCC(=O)NC3=O)C4=O)nn2)ccc1Cl. The molecule has 1 aromatic heterocycles. The van der Waals surface area contributed by atoms with Crippen molar-refractivity contribution in [2.45, 2.75) is 25.4 Å². The number of amides is 3. The number of carbonyl (C=O) groups is 3. The largest absolute Gasteiger partial charge is 0.495 e. The molecular formula is C22H18ClN5O4. The minimum absolute atomic E-state index is 0.209. The fourth-order valence-electron chi connectivity index (χ4n) is 4.12. The van der Waals surface area contributed by atoms with E-state index >= 15 is 0 Å². The Morgan fingerprint density at radius 3 is 2.81 bits per heavy atom. The summed E-state index contributed by atoms with van der Waals surface area (Å²) in [6.07, 6.45) is 2.28. The van der Waals surface area contributed by atoms with E-state index in [9.17, 15) is 14.4 Å². The van der Waals surface area contributed by atoms with Gasteiger partial charge in [0.15, 0.2) is 0 Å².